The SMILES string of the molecule is CCCCCCCCCCC(C)(C)C(Cl)(CC)Oc1ccccc1. The third-order valence-corrected chi connectivity index (χ3v) is 6.00. The van der Waals surface area contributed by atoms with Gasteiger partial charge in [0.2, 0.25) is 0 Å². The third-order valence-electron chi connectivity index (χ3n) is 5.14. The first-order valence-electron chi connectivity index (χ1n) is 9.88. The van der Waals surface area contributed by atoms with Crippen LogP contribution in [0, 0.1) is 5.41 Å². The van der Waals surface area contributed by atoms with Crippen molar-refractivity contribution in [2.24, 2.45) is 5.41 Å². The van der Waals surface area contributed by atoms with Gasteiger partial charge in [-0.05, 0) is 25.0 Å². The standard InChI is InChI=1S/C22H37ClO/c1-5-7-8-9-10-11-12-16-19-21(3,4)22(23,6-2)24-20-17-14-13-15-18-20/h13-15,17-18H,5-12,16,19H2,1-4H3. The molecule has 0 aliphatic heterocycles. The number of ether oxygens (including phenoxy) is 1. The van der Waals surface area contributed by atoms with Crippen molar-refractivity contribution in [2.45, 2.75) is 97.0 Å². The molecule has 0 saturated carbocycles. The molecule has 0 saturated heterocycles. The number of hydrogen-bond acceptors (Lipinski definition) is 1. The Morgan fingerprint density at radius 2 is 1.38 bits per heavy atom. The zero-order valence-electron chi connectivity index (χ0n) is 16.2. The summed E-state index contributed by atoms with van der Waals surface area (Å²) in [5, 5.41) is -0.643. The molecule has 0 fully saturated rings. The lowest BCUT2D eigenvalue weighted by atomic mass is 9.79. The van der Waals surface area contributed by atoms with Gasteiger partial charge < -0.3 is 4.74 Å². The van der Waals surface area contributed by atoms with Crippen LogP contribution in [0.4, 0.5) is 0 Å². The van der Waals surface area contributed by atoms with E-state index in [2.05, 4.69) is 27.7 Å². The van der Waals surface area contributed by atoms with Crippen LogP contribution in [0.1, 0.15) is 91.9 Å². The summed E-state index contributed by atoms with van der Waals surface area (Å²) in [5.41, 5.74) is -0.0542. The van der Waals surface area contributed by atoms with Crippen LogP contribution < -0.4 is 4.74 Å². The molecule has 0 aromatic heterocycles. The molecular weight excluding hydrogens is 316 g/mol. The van der Waals surface area contributed by atoms with Crippen LogP contribution in [0.15, 0.2) is 30.3 Å². The predicted molar refractivity (Wildman–Crippen MR) is 107 cm³/mol. The maximum Gasteiger partial charge on any atom is 0.187 e. The molecule has 0 heterocycles. The van der Waals surface area contributed by atoms with Crippen LogP contribution >= 0.6 is 11.6 Å². The highest BCUT2D eigenvalue weighted by Gasteiger charge is 2.44. The summed E-state index contributed by atoms with van der Waals surface area (Å²) >= 11 is 6.92. The Bertz CT molecular complexity index is 429. The van der Waals surface area contributed by atoms with Crippen LogP contribution in [-0.4, -0.2) is 5.06 Å². The topological polar surface area (TPSA) is 9.23 Å². The van der Waals surface area contributed by atoms with Gasteiger partial charge in [0.25, 0.3) is 0 Å². The first kappa shape index (κ1) is 21.4. The summed E-state index contributed by atoms with van der Waals surface area (Å²) in [6.45, 7) is 8.87. The van der Waals surface area contributed by atoms with Gasteiger partial charge in [-0.3, -0.25) is 0 Å². The molecule has 2 heteroatoms. The van der Waals surface area contributed by atoms with E-state index in [1.807, 2.05) is 30.3 Å². The summed E-state index contributed by atoms with van der Waals surface area (Å²) in [6.07, 6.45) is 12.7. The first-order chi connectivity index (χ1) is 11.4. The lowest BCUT2D eigenvalue weighted by Gasteiger charge is -2.41. The van der Waals surface area contributed by atoms with Gasteiger partial charge in [-0.15, -0.1) is 0 Å². The second-order valence-electron chi connectivity index (χ2n) is 7.61. The molecule has 1 aromatic rings. The number of para-hydroxylation sites is 1. The smallest absolute Gasteiger partial charge is 0.187 e. The molecule has 1 atom stereocenters. The highest BCUT2D eigenvalue weighted by atomic mass is 35.5. The molecule has 0 bridgehead atoms. The molecular formula is C22H37ClO. The van der Waals surface area contributed by atoms with Crippen LogP contribution in [0.25, 0.3) is 0 Å². The van der Waals surface area contributed by atoms with E-state index in [-0.39, 0.29) is 5.41 Å². The Kier molecular flexibility index (Phi) is 9.81. The van der Waals surface area contributed by atoms with Crippen molar-refractivity contribution in [3.63, 3.8) is 0 Å². The molecule has 1 rings (SSSR count). The Morgan fingerprint density at radius 3 is 1.92 bits per heavy atom. The van der Waals surface area contributed by atoms with Crippen LogP contribution in [0.2, 0.25) is 0 Å². The summed E-state index contributed by atoms with van der Waals surface area (Å²) in [5.74, 6) is 0.860. The summed E-state index contributed by atoms with van der Waals surface area (Å²) in [4.78, 5) is 0. The van der Waals surface area contributed by atoms with Gasteiger partial charge in [0.15, 0.2) is 5.06 Å². The van der Waals surface area contributed by atoms with Gasteiger partial charge in [0, 0.05) is 5.41 Å². The van der Waals surface area contributed by atoms with Crippen molar-refractivity contribution in [3.05, 3.63) is 30.3 Å². The quantitative estimate of drug-likeness (QED) is 0.258. The fraction of sp³-hybridized carbons (Fsp3) is 0.727. The van der Waals surface area contributed by atoms with Gasteiger partial charge in [-0.1, -0.05) is 109 Å². The molecule has 1 aromatic carbocycles. The minimum absolute atomic E-state index is 0.0542. The summed E-state index contributed by atoms with van der Waals surface area (Å²) in [7, 11) is 0. The van der Waals surface area contributed by atoms with Crippen molar-refractivity contribution in [2.75, 3.05) is 0 Å². The monoisotopic (exact) mass is 352 g/mol. The van der Waals surface area contributed by atoms with Crippen molar-refractivity contribution >= 4 is 11.6 Å². The molecule has 1 nitrogen and oxygen atoms in total. The molecule has 1 unspecified atom stereocenters. The van der Waals surface area contributed by atoms with Gasteiger partial charge in [-0.2, -0.15) is 0 Å². The second kappa shape index (κ2) is 11.0. The molecule has 0 N–H and O–H groups in total. The van der Waals surface area contributed by atoms with E-state index in [4.69, 9.17) is 16.3 Å². The average molecular weight is 353 g/mol. The summed E-state index contributed by atoms with van der Waals surface area (Å²) in [6, 6.07) is 9.96. The van der Waals surface area contributed by atoms with Gasteiger partial charge in [-0.25, -0.2) is 0 Å². The normalized spacial score (nSPS) is 14.4. The Hall–Kier alpha value is -0.690. The number of unbranched alkanes of at least 4 members (excludes halogenated alkanes) is 7. The average Bonchev–Trinajstić information content (AvgIpc) is 2.58. The van der Waals surface area contributed by atoms with Crippen molar-refractivity contribution < 1.29 is 4.74 Å². The number of hydrogen-bond donors (Lipinski definition) is 0. The Labute approximate surface area is 155 Å². The summed E-state index contributed by atoms with van der Waals surface area (Å²) < 4.78 is 6.20. The highest BCUT2D eigenvalue weighted by Crippen LogP contribution is 2.44. The fourth-order valence-electron chi connectivity index (χ4n) is 3.25. The molecule has 24 heavy (non-hydrogen) atoms. The van der Waals surface area contributed by atoms with Crippen LogP contribution in [0.5, 0.6) is 5.75 Å². The lowest BCUT2D eigenvalue weighted by Crippen LogP contribution is -2.44. The van der Waals surface area contributed by atoms with E-state index in [1.54, 1.807) is 0 Å². The van der Waals surface area contributed by atoms with E-state index in [1.165, 1.54) is 51.4 Å². The van der Waals surface area contributed by atoms with E-state index < -0.39 is 5.06 Å². The maximum absolute atomic E-state index is 6.92. The minimum atomic E-state index is -0.643. The Balaban J connectivity index is 2.40. The van der Waals surface area contributed by atoms with E-state index in [0.717, 1.165) is 18.6 Å². The van der Waals surface area contributed by atoms with Gasteiger partial charge in [0.1, 0.15) is 5.75 Å². The van der Waals surface area contributed by atoms with Gasteiger partial charge >= 0.3 is 0 Å². The van der Waals surface area contributed by atoms with Gasteiger partial charge in [0.05, 0.1) is 0 Å². The first-order valence-corrected chi connectivity index (χ1v) is 10.3. The van der Waals surface area contributed by atoms with E-state index in [9.17, 15) is 0 Å². The largest absolute Gasteiger partial charge is 0.471 e. The molecule has 0 radical (unpaired) electrons. The number of halogens is 1. The number of alkyl halides is 1. The fourth-order valence-corrected chi connectivity index (χ4v) is 3.44. The molecule has 0 aliphatic carbocycles. The molecule has 0 aliphatic rings. The third kappa shape index (κ3) is 7.05. The van der Waals surface area contributed by atoms with Crippen molar-refractivity contribution in [1.29, 1.82) is 0 Å². The minimum Gasteiger partial charge on any atom is -0.471 e. The lowest BCUT2D eigenvalue weighted by molar-refractivity contribution is 0.0210. The zero-order valence-corrected chi connectivity index (χ0v) is 17.0. The number of rotatable bonds is 13. The molecule has 0 amide bonds. The molecule has 0 spiro atoms. The van der Waals surface area contributed by atoms with Crippen LogP contribution in [0.3, 0.4) is 0 Å². The Morgan fingerprint density at radius 1 is 0.833 bits per heavy atom. The molecule has 138 valence electrons. The predicted octanol–water partition coefficient (Wildman–Crippen LogP) is 7.97. The second-order valence-corrected chi connectivity index (χ2v) is 8.22. The van der Waals surface area contributed by atoms with Crippen molar-refractivity contribution in [3.8, 4) is 5.75 Å². The zero-order chi connectivity index (χ0) is 17.9. The van der Waals surface area contributed by atoms with Crippen molar-refractivity contribution in [1.82, 2.24) is 0 Å². The van der Waals surface area contributed by atoms with E-state index in [0.29, 0.717) is 0 Å². The van der Waals surface area contributed by atoms with Crippen LogP contribution in [-0.2, 0) is 0 Å². The number of benzene rings is 1. The highest BCUT2D eigenvalue weighted by molar-refractivity contribution is 6.23. The maximum atomic E-state index is 6.92. The van der Waals surface area contributed by atoms with E-state index >= 15 is 0 Å².